The Morgan fingerprint density at radius 3 is 2.84 bits per heavy atom. The molecule has 0 amide bonds. The van der Waals surface area contributed by atoms with Gasteiger partial charge in [0.25, 0.3) is 0 Å². The monoisotopic (exact) mass is 415 g/mol. The van der Waals surface area contributed by atoms with Crippen molar-refractivity contribution in [2.24, 2.45) is 11.8 Å². The van der Waals surface area contributed by atoms with Crippen LogP contribution in [0.2, 0.25) is 0 Å². The average Bonchev–Trinajstić information content (AvgIpc) is 3.55. The molecule has 0 bridgehead atoms. The molecule has 0 saturated heterocycles. The molecule has 0 radical (unpaired) electrons. The lowest BCUT2D eigenvalue weighted by atomic mass is 10.1. The number of para-hydroxylation sites is 1. The zero-order valence-electron chi connectivity index (χ0n) is 18.2. The molecule has 1 aliphatic carbocycles. The zero-order valence-corrected chi connectivity index (χ0v) is 18.2. The van der Waals surface area contributed by atoms with E-state index in [1.54, 1.807) is 0 Å². The normalized spacial score (nSPS) is 17.1. The largest absolute Gasteiger partial charge is 0.494 e. The lowest BCUT2D eigenvalue weighted by molar-refractivity contribution is 0.282. The van der Waals surface area contributed by atoms with E-state index in [-0.39, 0.29) is 0 Å². The Bertz CT molecular complexity index is 1050. The van der Waals surface area contributed by atoms with Crippen molar-refractivity contribution in [1.82, 2.24) is 9.97 Å². The van der Waals surface area contributed by atoms with E-state index in [9.17, 15) is 0 Å². The van der Waals surface area contributed by atoms with E-state index in [0.29, 0.717) is 36.8 Å². The first kappa shape index (κ1) is 20.9. The van der Waals surface area contributed by atoms with Crippen molar-refractivity contribution in [3.05, 3.63) is 72.7 Å². The minimum atomic E-state index is 0.529. The molecule has 0 aliphatic heterocycles. The van der Waals surface area contributed by atoms with Gasteiger partial charge in [0.15, 0.2) is 0 Å². The van der Waals surface area contributed by atoms with Crippen molar-refractivity contribution >= 4 is 11.8 Å². The molecule has 1 aliphatic rings. The van der Waals surface area contributed by atoms with E-state index in [4.69, 9.17) is 9.47 Å². The molecule has 0 spiro atoms. The van der Waals surface area contributed by atoms with Gasteiger partial charge in [-0.1, -0.05) is 43.0 Å². The van der Waals surface area contributed by atoms with Crippen LogP contribution in [-0.4, -0.2) is 29.7 Å². The molecule has 1 saturated carbocycles. The topological polar surface area (TPSA) is 56.3 Å². The van der Waals surface area contributed by atoms with Gasteiger partial charge in [-0.3, -0.25) is 0 Å². The molecule has 5 heteroatoms. The van der Waals surface area contributed by atoms with Crippen LogP contribution >= 0.6 is 0 Å². The van der Waals surface area contributed by atoms with E-state index in [1.807, 2.05) is 62.5 Å². The number of hydrogen-bond donors (Lipinski definition) is 1. The van der Waals surface area contributed by atoms with Gasteiger partial charge >= 0.3 is 0 Å². The van der Waals surface area contributed by atoms with Gasteiger partial charge < -0.3 is 14.8 Å². The van der Waals surface area contributed by atoms with Gasteiger partial charge in [-0.05, 0) is 61.4 Å². The van der Waals surface area contributed by atoms with Crippen LogP contribution in [0.5, 0.6) is 11.6 Å². The number of ether oxygens (including phenoxy) is 2. The number of benzene rings is 2. The SMILES string of the molecule is C=Cc1ccccc1NCC1CC1COc1nc(C)ncc1-c1cccc(OCC)c1. The highest BCUT2D eigenvalue weighted by atomic mass is 16.5. The molecule has 2 aromatic carbocycles. The molecule has 2 unspecified atom stereocenters. The first-order chi connectivity index (χ1) is 15.2. The molecular weight excluding hydrogens is 386 g/mol. The third-order valence-corrected chi connectivity index (χ3v) is 5.57. The van der Waals surface area contributed by atoms with E-state index in [0.717, 1.165) is 41.1 Å². The van der Waals surface area contributed by atoms with Crippen LogP contribution in [0.3, 0.4) is 0 Å². The van der Waals surface area contributed by atoms with E-state index < -0.39 is 0 Å². The molecule has 2 atom stereocenters. The van der Waals surface area contributed by atoms with Gasteiger partial charge in [-0.2, -0.15) is 4.98 Å². The number of nitrogens with one attached hydrogen (secondary N) is 1. The van der Waals surface area contributed by atoms with Crippen molar-refractivity contribution in [3.8, 4) is 22.8 Å². The summed E-state index contributed by atoms with van der Waals surface area (Å²) in [6.07, 6.45) is 4.87. The van der Waals surface area contributed by atoms with Gasteiger partial charge in [0.05, 0.1) is 18.8 Å². The Kier molecular flexibility index (Phi) is 6.51. The molecule has 1 fully saturated rings. The highest BCUT2D eigenvalue weighted by Crippen LogP contribution is 2.40. The van der Waals surface area contributed by atoms with Crippen LogP contribution in [0.1, 0.15) is 24.7 Å². The lowest BCUT2D eigenvalue weighted by Crippen LogP contribution is -2.10. The molecule has 4 rings (SSSR count). The van der Waals surface area contributed by atoms with Crippen molar-refractivity contribution in [2.45, 2.75) is 20.3 Å². The second-order valence-corrected chi connectivity index (χ2v) is 7.84. The maximum Gasteiger partial charge on any atom is 0.224 e. The van der Waals surface area contributed by atoms with E-state index in [1.165, 1.54) is 0 Å². The Morgan fingerprint density at radius 2 is 2.00 bits per heavy atom. The Morgan fingerprint density at radius 1 is 1.13 bits per heavy atom. The number of nitrogens with zero attached hydrogens (tertiary/aromatic N) is 2. The van der Waals surface area contributed by atoms with Crippen LogP contribution in [0.25, 0.3) is 17.2 Å². The quantitative estimate of drug-likeness (QED) is 0.466. The summed E-state index contributed by atoms with van der Waals surface area (Å²) in [5.41, 5.74) is 4.15. The van der Waals surface area contributed by atoms with Gasteiger partial charge in [0.1, 0.15) is 11.6 Å². The standard InChI is InChI=1S/C26H29N3O2/c1-4-19-9-6-7-12-25(19)28-15-21-13-22(21)17-31-26-24(16-27-18(3)29-26)20-10-8-11-23(14-20)30-5-2/h4,6-12,14,16,21-22,28H,1,5,13,15,17H2,2-3H3. The summed E-state index contributed by atoms with van der Waals surface area (Å²) in [6, 6.07) is 16.2. The van der Waals surface area contributed by atoms with E-state index in [2.05, 4.69) is 34.0 Å². The maximum atomic E-state index is 6.19. The molecule has 5 nitrogen and oxygen atoms in total. The minimum absolute atomic E-state index is 0.529. The fourth-order valence-electron chi connectivity index (χ4n) is 3.70. The molecule has 31 heavy (non-hydrogen) atoms. The Hall–Kier alpha value is -3.34. The fraction of sp³-hybridized carbons (Fsp3) is 0.308. The van der Waals surface area contributed by atoms with Gasteiger partial charge in [-0.15, -0.1) is 0 Å². The summed E-state index contributed by atoms with van der Waals surface area (Å²) in [6.45, 7) is 9.97. The summed E-state index contributed by atoms with van der Waals surface area (Å²) in [7, 11) is 0. The lowest BCUT2D eigenvalue weighted by Gasteiger charge is -2.12. The molecule has 1 heterocycles. The van der Waals surface area contributed by atoms with E-state index >= 15 is 0 Å². The van der Waals surface area contributed by atoms with Gasteiger partial charge in [-0.25, -0.2) is 4.98 Å². The van der Waals surface area contributed by atoms with Gasteiger partial charge in [0, 0.05) is 18.4 Å². The molecule has 1 N–H and O–H groups in total. The first-order valence-electron chi connectivity index (χ1n) is 10.8. The molecular formula is C26H29N3O2. The van der Waals surface area contributed by atoms with Crippen molar-refractivity contribution in [3.63, 3.8) is 0 Å². The molecule has 1 aromatic heterocycles. The third kappa shape index (κ3) is 5.23. The van der Waals surface area contributed by atoms with Crippen LogP contribution in [0.15, 0.2) is 61.3 Å². The highest BCUT2D eigenvalue weighted by molar-refractivity contribution is 5.69. The average molecular weight is 416 g/mol. The fourth-order valence-corrected chi connectivity index (χ4v) is 3.70. The second-order valence-electron chi connectivity index (χ2n) is 7.84. The van der Waals surface area contributed by atoms with Crippen LogP contribution in [0, 0.1) is 18.8 Å². The van der Waals surface area contributed by atoms with Crippen molar-refractivity contribution in [1.29, 1.82) is 0 Å². The summed E-state index contributed by atoms with van der Waals surface area (Å²) in [4.78, 5) is 8.94. The van der Waals surface area contributed by atoms with Crippen molar-refractivity contribution < 1.29 is 9.47 Å². The molecule has 3 aromatic rings. The zero-order chi connectivity index (χ0) is 21.6. The van der Waals surface area contributed by atoms with Crippen LogP contribution in [-0.2, 0) is 0 Å². The summed E-state index contributed by atoms with van der Waals surface area (Å²) in [5, 5.41) is 3.55. The second kappa shape index (κ2) is 9.65. The number of aryl methyl sites for hydroxylation is 1. The summed E-state index contributed by atoms with van der Waals surface area (Å²) in [5.74, 6) is 3.30. The van der Waals surface area contributed by atoms with Gasteiger partial charge in [0.2, 0.25) is 5.88 Å². The number of hydrogen-bond acceptors (Lipinski definition) is 5. The van der Waals surface area contributed by atoms with Crippen molar-refractivity contribution in [2.75, 3.05) is 25.1 Å². The highest BCUT2D eigenvalue weighted by Gasteiger charge is 2.37. The first-order valence-corrected chi connectivity index (χ1v) is 10.8. The number of aromatic nitrogens is 2. The van der Waals surface area contributed by atoms with Crippen LogP contribution in [0.4, 0.5) is 5.69 Å². The number of rotatable bonds is 10. The summed E-state index contributed by atoms with van der Waals surface area (Å²) >= 11 is 0. The minimum Gasteiger partial charge on any atom is -0.494 e. The Labute approximate surface area is 184 Å². The smallest absolute Gasteiger partial charge is 0.224 e. The number of anilines is 1. The predicted molar refractivity (Wildman–Crippen MR) is 125 cm³/mol. The van der Waals surface area contributed by atoms with Crippen LogP contribution < -0.4 is 14.8 Å². The Balaban J connectivity index is 1.38. The molecule has 160 valence electrons. The third-order valence-electron chi connectivity index (χ3n) is 5.57. The summed E-state index contributed by atoms with van der Waals surface area (Å²) < 4.78 is 11.8. The maximum absolute atomic E-state index is 6.19. The predicted octanol–water partition coefficient (Wildman–Crippen LogP) is 5.62.